The summed E-state index contributed by atoms with van der Waals surface area (Å²) in [6.45, 7) is 5.21. The van der Waals surface area contributed by atoms with E-state index in [1.165, 1.54) is 16.8 Å². The van der Waals surface area contributed by atoms with Crippen LogP contribution in [0.5, 0.6) is 0 Å². The number of anilines is 1. The molecule has 4 heteroatoms. The molecule has 1 fully saturated rings. The van der Waals surface area contributed by atoms with Crippen molar-refractivity contribution in [3.63, 3.8) is 0 Å². The van der Waals surface area contributed by atoms with E-state index in [1.54, 1.807) is 0 Å². The molecule has 25 heavy (non-hydrogen) atoms. The lowest BCUT2D eigenvalue weighted by Gasteiger charge is -2.34. The quantitative estimate of drug-likeness (QED) is 0.806. The van der Waals surface area contributed by atoms with Crippen LogP contribution >= 0.6 is 0 Å². The van der Waals surface area contributed by atoms with Crippen LogP contribution in [-0.2, 0) is 6.54 Å². The van der Waals surface area contributed by atoms with Gasteiger partial charge in [-0.05, 0) is 42.4 Å². The fraction of sp³-hybridized carbons (Fsp3) is 0.333. The third-order valence-corrected chi connectivity index (χ3v) is 5.04. The summed E-state index contributed by atoms with van der Waals surface area (Å²) < 4.78 is 0. The molecule has 1 unspecified atom stereocenters. The van der Waals surface area contributed by atoms with Crippen LogP contribution in [0.15, 0.2) is 58.5 Å². The Morgan fingerprint density at radius 3 is 2.56 bits per heavy atom. The van der Waals surface area contributed by atoms with Gasteiger partial charge in [-0.3, -0.25) is 9.98 Å². The minimum Gasteiger partial charge on any atom is -0.369 e. The van der Waals surface area contributed by atoms with E-state index in [9.17, 15) is 0 Å². The molecule has 0 aromatic heterocycles. The van der Waals surface area contributed by atoms with Crippen molar-refractivity contribution in [2.45, 2.75) is 12.5 Å². The van der Waals surface area contributed by atoms with Crippen molar-refractivity contribution in [2.75, 3.05) is 38.1 Å². The van der Waals surface area contributed by atoms with E-state index >= 15 is 0 Å². The Bertz CT molecular complexity index is 771. The minimum atomic E-state index is 0.169. The molecule has 2 aromatic rings. The van der Waals surface area contributed by atoms with Crippen molar-refractivity contribution in [2.24, 2.45) is 9.98 Å². The fourth-order valence-corrected chi connectivity index (χ4v) is 3.45. The number of nitrogens with zero attached hydrogens (tertiary/aromatic N) is 4. The summed E-state index contributed by atoms with van der Waals surface area (Å²) in [7, 11) is 2.18. The lowest BCUT2D eigenvalue weighted by Crippen LogP contribution is -2.44. The Kier molecular flexibility index (Phi) is 4.61. The first-order chi connectivity index (χ1) is 12.3. The predicted octanol–water partition coefficient (Wildman–Crippen LogP) is 3.51. The molecule has 128 valence electrons. The van der Waals surface area contributed by atoms with Crippen molar-refractivity contribution in [1.82, 2.24) is 4.90 Å². The summed E-state index contributed by atoms with van der Waals surface area (Å²) in [4.78, 5) is 14.0. The van der Waals surface area contributed by atoms with Gasteiger partial charge in [0, 0.05) is 44.3 Å². The van der Waals surface area contributed by atoms with Gasteiger partial charge >= 0.3 is 0 Å². The topological polar surface area (TPSA) is 31.2 Å². The van der Waals surface area contributed by atoms with Crippen LogP contribution in [0.3, 0.4) is 0 Å². The number of aliphatic imine (C=N–C) groups is 2. The van der Waals surface area contributed by atoms with Gasteiger partial charge in [0.05, 0.1) is 18.2 Å². The zero-order valence-electron chi connectivity index (χ0n) is 14.7. The molecule has 0 amide bonds. The molecule has 4 rings (SSSR count). The molecule has 1 atom stereocenters. The molecule has 0 bridgehead atoms. The third kappa shape index (κ3) is 3.64. The first-order valence-corrected chi connectivity index (χ1v) is 8.95. The van der Waals surface area contributed by atoms with Crippen LogP contribution in [0.25, 0.3) is 0 Å². The van der Waals surface area contributed by atoms with Gasteiger partial charge in [-0.2, -0.15) is 0 Å². The first-order valence-electron chi connectivity index (χ1n) is 8.95. The zero-order chi connectivity index (χ0) is 17.1. The number of hydrogen-bond acceptors (Lipinski definition) is 4. The summed E-state index contributed by atoms with van der Waals surface area (Å²) in [5.74, 6) is 0.169. The molecular formula is C21H24N4. The zero-order valence-corrected chi connectivity index (χ0v) is 14.7. The van der Waals surface area contributed by atoms with Gasteiger partial charge in [0.2, 0.25) is 0 Å². The molecule has 4 nitrogen and oxygen atoms in total. The van der Waals surface area contributed by atoms with Gasteiger partial charge in [-0.1, -0.05) is 24.3 Å². The highest BCUT2D eigenvalue weighted by molar-refractivity contribution is 5.92. The van der Waals surface area contributed by atoms with Crippen molar-refractivity contribution in [1.29, 1.82) is 0 Å². The summed E-state index contributed by atoms with van der Waals surface area (Å²) in [6.07, 6.45) is 4.01. The van der Waals surface area contributed by atoms with Gasteiger partial charge in [0.25, 0.3) is 0 Å². The normalized spacial score (nSPS) is 20.8. The van der Waals surface area contributed by atoms with Crippen LogP contribution in [0.2, 0.25) is 0 Å². The van der Waals surface area contributed by atoms with Gasteiger partial charge in [0.1, 0.15) is 0 Å². The predicted molar refractivity (Wildman–Crippen MR) is 106 cm³/mol. The Labute approximate surface area is 149 Å². The summed E-state index contributed by atoms with van der Waals surface area (Å²) in [5, 5.41) is 0. The second-order valence-electron chi connectivity index (χ2n) is 6.80. The van der Waals surface area contributed by atoms with E-state index in [4.69, 9.17) is 0 Å². The first kappa shape index (κ1) is 16.0. The Balaban J connectivity index is 1.45. The van der Waals surface area contributed by atoms with Gasteiger partial charge < -0.3 is 9.80 Å². The maximum absolute atomic E-state index is 4.68. The maximum Gasteiger partial charge on any atom is 0.0639 e. The SMILES string of the molecule is CN1CCN(c2ccc(N=CC3C=NCc4ccccc43)cc2)CC1. The molecular weight excluding hydrogens is 308 g/mol. The number of rotatable bonds is 3. The Hall–Kier alpha value is -2.46. The number of benzene rings is 2. The highest BCUT2D eigenvalue weighted by Crippen LogP contribution is 2.24. The van der Waals surface area contributed by atoms with Crippen LogP contribution in [0, 0.1) is 0 Å². The maximum atomic E-state index is 4.68. The number of fused-ring (bicyclic) bond motifs is 1. The lowest BCUT2D eigenvalue weighted by molar-refractivity contribution is 0.313. The van der Waals surface area contributed by atoms with Crippen LogP contribution in [0.1, 0.15) is 17.0 Å². The minimum absolute atomic E-state index is 0.169. The highest BCUT2D eigenvalue weighted by Gasteiger charge is 2.15. The molecule has 0 saturated carbocycles. The van der Waals surface area contributed by atoms with E-state index in [-0.39, 0.29) is 5.92 Å². The molecule has 0 spiro atoms. The average molecular weight is 332 g/mol. The third-order valence-electron chi connectivity index (χ3n) is 5.04. The standard InChI is InChI=1S/C21H24N4/c1-24-10-12-25(13-11-24)20-8-6-19(7-9-20)23-16-18-15-22-14-17-4-2-3-5-21(17)18/h2-9,15-16,18H,10-14H2,1H3. The summed E-state index contributed by atoms with van der Waals surface area (Å²) >= 11 is 0. The molecule has 2 aromatic carbocycles. The monoisotopic (exact) mass is 332 g/mol. The number of piperazine rings is 1. The van der Waals surface area contributed by atoms with Crippen LogP contribution < -0.4 is 4.90 Å². The smallest absolute Gasteiger partial charge is 0.0639 e. The van der Waals surface area contributed by atoms with E-state index < -0.39 is 0 Å². The molecule has 1 saturated heterocycles. The Morgan fingerprint density at radius 1 is 1.00 bits per heavy atom. The van der Waals surface area contributed by atoms with Gasteiger partial charge in [-0.15, -0.1) is 0 Å². The second-order valence-corrected chi connectivity index (χ2v) is 6.80. The van der Waals surface area contributed by atoms with E-state index in [0.29, 0.717) is 0 Å². The largest absolute Gasteiger partial charge is 0.369 e. The molecule has 0 radical (unpaired) electrons. The molecule has 0 N–H and O–H groups in total. The Morgan fingerprint density at radius 2 is 1.76 bits per heavy atom. The van der Waals surface area contributed by atoms with E-state index in [1.807, 2.05) is 12.4 Å². The average Bonchev–Trinajstić information content (AvgIpc) is 2.67. The van der Waals surface area contributed by atoms with Crippen molar-refractivity contribution < 1.29 is 0 Å². The summed E-state index contributed by atoms with van der Waals surface area (Å²) in [6, 6.07) is 17.1. The van der Waals surface area contributed by atoms with Gasteiger partial charge in [0.15, 0.2) is 0 Å². The summed E-state index contributed by atoms with van der Waals surface area (Å²) in [5.41, 5.74) is 4.90. The van der Waals surface area contributed by atoms with Crippen molar-refractivity contribution >= 4 is 23.8 Å². The van der Waals surface area contributed by atoms with E-state index in [0.717, 1.165) is 38.4 Å². The fourth-order valence-electron chi connectivity index (χ4n) is 3.45. The van der Waals surface area contributed by atoms with Crippen LogP contribution in [-0.4, -0.2) is 50.6 Å². The van der Waals surface area contributed by atoms with E-state index in [2.05, 4.69) is 75.4 Å². The molecule has 2 aliphatic rings. The number of hydrogen-bond donors (Lipinski definition) is 0. The molecule has 0 aliphatic carbocycles. The van der Waals surface area contributed by atoms with Crippen molar-refractivity contribution in [3.8, 4) is 0 Å². The number of likely N-dealkylation sites (N-methyl/N-ethyl adjacent to an activating group) is 1. The lowest BCUT2D eigenvalue weighted by atomic mass is 9.94. The second kappa shape index (κ2) is 7.19. The highest BCUT2D eigenvalue weighted by atomic mass is 15.2. The molecule has 2 heterocycles. The van der Waals surface area contributed by atoms with Gasteiger partial charge in [-0.25, -0.2) is 0 Å². The molecule has 2 aliphatic heterocycles. The van der Waals surface area contributed by atoms with Crippen molar-refractivity contribution in [3.05, 3.63) is 59.7 Å². The van der Waals surface area contributed by atoms with Crippen LogP contribution in [0.4, 0.5) is 11.4 Å².